The fraction of sp³-hybridized carbons (Fsp3) is 0.920. The Bertz CT molecular complexity index is 497. The van der Waals surface area contributed by atoms with Crippen molar-refractivity contribution in [2.75, 3.05) is 112 Å². The van der Waals surface area contributed by atoms with Crippen molar-refractivity contribution < 1.29 is 52.6 Å². The second-order valence-electron chi connectivity index (χ2n) is 7.94. The molecule has 37 heavy (non-hydrogen) atoms. The minimum absolute atomic E-state index is 0.292. The topological polar surface area (TPSA) is 140 Å². The first-order chi connectivity index (χ1) is 18.2. The molecule has 0 saturated heterocycles. The maximum atomic E-state index is 11.3. The molecule has 0 radical (unpaired) electrons. The van der Waals surface area contributed by atoms with Crippen molar-refractivity contribution in [1.29, 1.82) is 0 Å². The van der Waals surface area contributed by atoms with Gasteiger partial charge in [-0.15, -0.1) is 0 Å². The van der Waals surface area contributed by atoms with Crippen LogP contribution >= 0.6 is 0 Å². The zero-order valence-electron chi connectivity index (χ0n) is 22.6. The molecule has 220 valence electrons. The van der Waals surface area contributed by atoms with E-state index in [2.05, 4.69) is 17.0 Å². The molecule has 0 bridgehead atoms. The molecule has 2 N–H and O–H groups in total. The van der Waals surface area contributed by atoms with Gasteiger partial charge in [0.2, 0.25) is 5.91 Å². The summed E-state index contributed by atoms with van der Waals surface area (Å²) in [5, 5.41) is 10.9. The molecule has 0 rings (SSSR count). The highest BCUT2D eigenvalue weighted by Gasteiger charge is 2.03. The van der Waals surface area contributed by atoms with Crippen LogP contribution < -0.4 is 5.32 Å². The van der Waals surface area contributed by atoms with Gasteiger partial charge >= 0.3 is 5.97 Å². The Morgan fingerprint density at radius 3 is 1.35 bits per heavy atom. The SMILES string of the molecule is CCCCCCCOCCOCCOCCOCCOCCOCCOCCNC(=O)COCC(=O)O. The van der Waals surface area contributed by atoms with Crippen LogP contribution in [0.3, 0.4) is 0 Å². The Hall–Kier alpha value is -1.38. The third-order valence-corrected chi connectivity index (χ3v) is 4.65. The molecule has 0 spiro atoms. The molecule has 0 aliphatic carbocycles. The molecule has 0 heterocycles. The van der Waals surface area contributed by atoms with E-state index >= 15 is 0 Å². The summed E-state index contributed by atoms with van der Waals surface area (Å²) in [5.41, 5.74) is 0. The molecule has 12 nitrogen and oxygen atoms in total. The standard InChI is InChI=1S/C25H49NO11/c1-2-3-4-5-6-8-30-10-12-32-14-16-34-18-20-36-21-19-35-17-15-33-13-11-31-9-7-26-24(27)22-37-23-25(28)29/h2-23H2,1H3,(H,26,27)(H,28,29). The van der Waals surface area contributed by atoms with Crippen molar-refractivity contribution in [3.8, 4) is 0 Å². The molecule has 1 amide bonds. The predicted molar refractivity (Wildman–Crippen MR) is 136 cm³/mol. The van der Waals surface area contributed by atoms with Crippen LogP contribution in [-0.2, 0) is 47.5 Å². The van der Waals surface area contributed by atoms with Crippen LogP contribution in [0.25, 0.3) is 0 Å². The van der Waals surface area contributed by atoms with Crippen LogP contribution in [0.4, 0.5) is 0 Å². The van der Waals surface area contributed by atoms with E-state index in [-0.39, 0.29) is 12.5 Å². The quantitative estimate of drug-likeness (QED) is 0.123. The first-order valence-electron chi connectivity index (χ1n) is 13.3. The van der Waals surface area contributed by atoms with Crippen molar-refractivity contribution in [3.05, 3.63) is 0 Å². The summed E-state index contributed by atoms with van der Waals surface area (Å²) in [4.78, 5) is 21.6. The van der Waals surface area contributed by atoms with Crippen LogP contribution in [-0.4, -0.2) is 129 Å². The Morgan fingerprint density at radius 2 is 0.919 bits per heavy atom. The van der Waals surface area contributed by atoms with E-state index in [1.807, 2.05) is 0 Å². The van der Waals surface area contributed by atoms with E-state index < -0.39 is 12.6 Å². The number of carbonyl (C=O) groups excluding carboxylic acids is 1. The minimum atomic E-state index is -1.12. The van der Waals surface area contributed by atoms with Crippen LogP contribution in [0, 0.1) is 0 Å². The van der Waals surface area contributed by atoms with Crippen molar-refractivity contribution in [2.45, 2.75) is 39.0 Å². The Balaban J connectivity index is 3.08. The smallest absolute Gasteiger partial charge is 0.329 e. The monoisotopic (exact) mass is 539 g/mol. The van der Waals surface area contributed by atoms with Gasteiger partial charge in [0.05, 0.1) is 85.9 Å². The maximum absolute atomic E-state index is 11.3. The lowest BCUT2D eigenvalue weighted by Crippen LogP contribution is -2.31. The molecule has 0 fully saturated rings. The number of hydrogen-bond donors (Lipinski definition) is 2. The number of ether oxygens (including phenoxy) is 8. The number of rotatable bonds is 31. The molecular weight excluding hydrogens is 490 g/mol. The fourth-order valence-corrected chi connectivity index (χ4v) is 2.77. The molecule has 0 saturated carbocycles. The Morgan fingerprint density at radius 1 is 0.514 bits per heavy atom. The second-order valence-corrected chi connectivity index (χ2v) is 7.94. The number of carboxylic acids is 1. The van der Waals surface area contributed by atoms with E-state index in [1.54, 1.807) is 0 Å². The molecular formula is C25H49NO11. The average Bonchev–Trinajstić information content (AvgIpc) is 2.88. The summed E-state index contributed by atoms with van der Waals surface area (Å²) in [5.74, 6) is -1.51. The summed E-state index contributed by atoms with van der Waals surface area (Å²) in [7, 11) is 0. The van der Waals surface area contributed by atoms with Gasteiger partial charge in [-0.3, -0.25) is 4.79 Å². The van der Waals surface area contributed by atoms with E-state index in [1.165, 1.54) is 25.7 Å². The van der Waals surface area contributed by atoms with Crippen LogP contribution in [0.1, 0.15) is 39.0 Å². The summed E-state index contributed by atoms with van der Waals surface area (Å²) in [6.45, 7) is 8.92. The third-order valence-electron chi connectivity index (χ3n) is 4.65. The number of unbranched alkanes of at least 4 members (excludes halogenated alkanes) is 4. The fourth-order valence-electron chi connectivity index (χ4n) is 2.77. The molecule has 0 aromatic carbocycles. The van der Waals surface area contributed by atoms with E-state index in [4.69, 9.17) is 38.3 Å². The first kappa shape index (κ1) is 35.6. The highest BCUT2D eigenvalue weighted by atomic mass is 16.6. The van der Waals surface area contributed by atoms with Gasteiger partial charge in [-0.25, -0.2) is 4.79 Å². The van der Waals surface area contributed by atoms with Gasteiger partial charge in [-0.1, -0.05) is 32.6 Å². The number of aliphatic carboxylic acids is 1. The summed E-state index contributed by atoms with van der Waals surface area (Å²) in [6.07, 6.45) is 6.23. The van der Waals surface area contributed by atoms with Gasteiger partial charge in [-0.05, 0) is 6.42 Å². The zero-order chi connectivity index (χ0) is 27.1. The minimum Gasteiger partial charge on any atom is -0.480 e. The van der Waals surface area contributed by atoms with Gasteiger partial charge in [0, 0.05) is 13.2 Å². The summed E-state index contributed by atoms with van der Waals surface area (Å²) < 4.78 is 42.7. The highest BCUT2D eigenvalue weighted by Crippen LogP contribution is 2.02. The van der Waals surface area contributed by atoms with Crippen LogP contribution in [0.15, 0.2) is 0 Å². The number of amides is 1. The van der Waals surface area contributed by atoms with Gasteiger partial charge in [0.1, 0.15) is 13.2 Å². The van der Waals surface area contributed by atoms with E-state index in [0.717, 1.165) is 13.0 Å². The molecule has 0 atom stereocenters. The molecule has 0 unspecified atom stereocenters. The van der Waals surface area contributed by atoms with Crippen molar-refractivity contribution in [2.24, 2.45) is 0 Å². The molecule has 0 aliphatic heterocycles. The highest BCUT2D eigenvalue weighted by molar-refractivity contribution is 5.77. The summed E-state index contributed by atoms with van der Waals surface area (Å²) in [6, 6.07) is 0. The lowest BCUT2D eigenvalue weighted by Gasteiger charge is -2.09. The second kappa shape index (κ2) is 30.8. The van der Waals surface area contributed by atoms with Gasteiger partial charge < -0.3 is 48.3 Å². The molecule has 0 aromatic heterocycles. The first-order valence-corrected chi connectivity index (χ1v) is 13.3. The lowest BCUT2D eigenvalue weighted by atomic mass is 10.2. The van der Waals surface area contributed by atoms with Crippen molar-refractivity contribution in [3.63, 3.8) is 0 Å². The number of carboxylic acid groups (broad SMARTS) is 1. The van der Waals surface area contributed by atoms with Crippen molar-refractivity contribution in [1.82, 2.24) is 5.32 Å². The molecule has 0 aromatic rings. The number of nitrogens with one attached hydrogen (secondary N) is 1. The Kier molecular flexibility index (Phi) is 29.7. The zero-order valence-corrected chi connectivity index (χ0v) is 22.6. The molecule has 12 heteroatoms. The van der Waals surface area contributed by atoms with E-state index in [0.29, 0.717) is 92.4 Å². The average molecular weight is 540 g/mol. The predicted octanol–water partition coefficient (Wildman–Crippen LogP) is 1.29. The number of carbonyl (C=O) groups is 2. The lowest BCUT2D eigenvalue weighted by molar-refractivity contribution is -0.143. The van der Waals surface area contributed by atoms with Gasteiger partial charge in [0.15, 0.2) is 0 Å². The largest absolute Gasteiger partial charge is 0.480 e. The Labute approximate surface area is 221 Å². The van der Waals surface area contributed by atoms with Gasteiger partial charge in [-0.2, -0.15) is 0 Å². The normalized spacial score (nSPS) is 11.2. The maximum Gasteiger partial charge on any atom is 0.329 e. The van der Waals surface area contributed by atoms with Crippen molar-refractivity contribution >= 4 is 11.9 Å². The number of hydrogen-bond acceptors (Lipinski definition) is 10. The summed E-state index contributed by atoms with van der Waals surface area (Å²) >= 11 is 0. The van der Waals surface area contributed by atoms with E-state index in [9.17, 15) is 9.59 Å². The third kappa shape index (κ3) is 32.6. The molecule has 0 aliphatic rings. The van der Waals surface area contributed by atoms with Gasteiger partial charge in [0.25, 0.3) is 0 Å². The van der Waals surface area contributed by atoms with Crippen LogP contribution in [0.5, 0.6) is 0 Å². The van der Waals surface area contributed by atoms with Crippen LogP contribution in [0.2, 0.25) is 0 Å².